The van der Waals surface area contributed by atoms with Crippen molar-refractivity contribution in [2.45, 2.75) is 38.8 Å². The first kappa shape index (κ1) is 21.4. The standard InChI is InChI=1S/C18H26N4O2.HI/c1-3-14(2)22-18(20-11-8-16-5-4-12-24-16)21-13-17(23)15-6-9-19-10-7-15;/h4-7,9-10,12,14,17,23H,3,8,11,13H2,1-2H3,(H2,20,21,22);1H. The van der Waals surface area contributed by atoms with Gasteiger partial charge < -0.3 is 20.2 Å². The van der Waals surface area contributed by atoms with Crippen LogP contribution in [-0.2, 0) is 6.42 Å². The molecule has 0 aliphatic carbocycles. The Hall–Kier alpha value is -1.61. The number of hydrogen-bond acceptors (Lipinski definition) is 4. The van der Waals surface area contributed by atoms with Crippen LogP contribution >= 0.6 is 24.0 Å². The normalized spacial score (nSPS) is 13.6. The third kappa shape index (κ3) is 7.87. The third-order valence-corrected chi connectivity index (χ3v) is 3.75. The van der Waals surface area contributed by atoms with E-state index in [0.29, 0.717) is 18.5 Å². The number of guanidine groups is 1. The van der Waals surface area contributed by atoms with Crippen molar-refractivity contribution in [1.82, 2.24) is 15.6 Å². The van der Waals surface area contributed by atoms with Crippen LogP contribution in [0.1, 0.15) is 37.7 Å². The van der Waals surface area contributed by atoms with E-state index >= 15 is 0 Å². The minimum absolute atomic E-state index is 0. The van der Waals surface area contributed by atoms with Crippen molar-refractivity contribution >= 4 is 29.9 Å². The van der Waals surface area contributed by atoms with Crippen LogP contribution < -0.4 is 10.6 Å². The highest BCUT2D eigenvalue weighted by Gasteiger charge is 2.08. The fourth-order valence-electron chi connectivity index (χ4n) is 2.12. The Morgan fingerprint density at radius 2 is 2.08 bits per heavy atom. The molecule has 0 saturated carbocycles. The summed E-state index contributed by atoms with van der Waals surface area (Å²) in [7, 11) is 0. The molecule has 2 aromatic rings. The molecule has 0 fully saturated rings. The Morgan fingerprint density at radius 3 is 2.72 bits per heavy atom. The quantitative estimate of drug-likeness (QED) is 0.322. The molecule has 0 radical (unpaired) electrons. The minimum Gasteiger partial charge on any atom is -0.469 e. The average Bonchev–Trinajstić information content (AvgIpc) is 3.13. The SMILES string of the molecule is CCC(C)NC(=NCC(O)c1ccncc1)NCCc1ccco1.I. The number of nitrogens with one attached hydrogen (secondary N) is 2. The van der Waals surface area contributed by atoms with Crippen LogP contribution in [0.4, 0.5) is 0 Å². The molecule has 0 saturated heterocycles. The van der Waals surface area contributed by atoms with E-state index < -0.39 is 6.10 Å². The summed E-state index contributed by atoms with van der Waals surface area (Å²) in [6.45, 7) is 5.21. The van der Waals surface area contributed by atoms with Crippen molar-refractivity contribution < 1.29 is 9.52 Å². The highest BCUT2D eigenvalue weighted by Crippen LogP contribution is 2.11. The molecule has 2 atom stereocenters. The lowest BCUT2D eigenvalue weighted by Crippen LogP contribution is -2.43. The fourth-order valence-corrected chi connectivity index (χ4v) is 2.12. The van der Waals surface area contributed by atoms with Crippen LogP contribution in [0.15, 0.2) is 52.3 Å². The molecule has 0 aliphatic rings. The zero-order chi connectivity index (χ0) is 17.2. The number of aliphatic hydroxyl groups excluding tert-OH is 1. The molecule has 2 aromatic heterocycles. The number of nitrogens with zero attached hydrogens (tertiary/aromatic N) is 2. The number of furan rings is 1. The number of hydrogen-bond donors (Lipinski definition) is 3. The predicted molar refractivity (Wildman–Crippen MR) is 110 cm³/mol. The summed E-state index contributed by atoms with van der Waals surface area (Å²) < 4.78 is 5.33. The number of aliphatic imine (C=N–C) groups is 1. The first-order valence-electron chi connectivity index (χ1n) is 8.34. The Balaban J connectivity index is 0.00000312. The maximum absolute atomic E-state index is 10.2. The van der Waals surface area contributed by atoms with Gasteiger partial charge in [-0.3, -0.25) is 9.98 Å². The van der Waals surface area contributed by atoms with Gasteiger partial charge in [0.05, 0.1) is 18.9 Å². The van der Waals surface area contributed by atoms with E-state index in [1.807, 2.05) is 12.1 Å². The van der Waals surface area contributed by atoms with Gasteiger partial charge in [-0.1, -0.05) is 6.92 Å². The molecule has 0 spiro atoms. The topological polar surface area (TPSA) is 82.7 Å². The molecule has 2 rings (SSSR count). The first-order valence-corrected chi connectivity index (χ1v) is 8.34. The Labute approximate surface area is 166 Å². The highest BCUT2D eigenvalue weighted by atomic mass is 127. The summed E-state index contributed by atoms with van der Waals surface area (Å²) in [6.07, 6.45) is 6.14. The second-order valence-electron chi connectivity index (χ2n) is 5.70. The zero-order valence-corrected chi connectivity index (χ0v) is 17.0. The van der Waals surface area contributed by atoms with Gasteiger partial charge in [-0.05, 0) is 43.2 Å². The predicted octanol–water partition coefficient (Wildman–Crippen LogP) is 2.90. The van der Waals surface area contributed by atoms with Crippen molar-refractivity contribution in [3.8, 4) is 0 Å². The van der Waals surface area contributed by atoms with E-state index in [-0.39, 0.29) is 30.5 Å². The summed E-state index contributed by atoms with van der Waals surface area (Å²) in [4.78, 5) is 8.46. The van der Waals surface area contributed by atoms with Crippen molar-refractivity contribution in [1.29, 1.82) is 0 Å². The third-order valence-electron chi connectivity index (χ3n) is 3.75. The van der Waals surface area contributed by atoms with Gasteiger partial charge in [0.1, 0.15) is 5.76 Å². The van der Waals surface area contributed by atoms with Gasteiger partial charge in [0.15, 0.2) is 5.96 Å². The van der Waals surface area contributed by atoms with Crippen LogP contribution in [0.5, 0.6) is 0 Å². The Morgan fingerprint density at radius 1 is 1.32 bits per heavy atom. The van der Waals surface area contributed by atoms with Crippen LogP contribution in [0.3, 0.4) is 0 Å². The molecule has 0 aromatic carbocycles. The molecular formula is C18H27IN4O2. The van der Waals surface area contributed by atoms with E-state index in [1.54, 1.807) is 30.8 Å². The van der Waals surface area contributed by atoms with E-state index in [9.17, 15) is 5.11 Å². The largest absolute Gasteiger partial charge is 0.469 e. The van der Waals surface area contributed by atoms with Gasteiger partial charge in [-0.15, -0.1) is 24.0 Å². The van der Waals surface area contributed by atoms with Crippen LogP contribution in [-0.4, -0.2) is 35.2 Å². The zero-order valence-electron chi connectivity index (χ0n) is 14.7. The van der Waals surface area contributed by atoms with Gasteiger partial charge in [0.2, 0.25) is 0 Å². The highest BCUT2D eigenvalue weighted by molar-refractivity contribution is 14.0. The average molecular weight is 458 g/mol. The summed E-state index contributed by atoms with van der Waals surface area (Å²) in [6, 6.07) is 7.73. The fraction of sp³-hybridized carbons (Fsp3) is 0.444. The van der Waals surface area contributed by atoms with Crippen molar-refractivity contribution in [2.24, 2.45) is 4.99 Å². The number of aromatic nitrogens is 1. The number of pyridine rings is 1. The van der Waals surface area contributed by atoms with E-state index in [2.05, 4.69) is 34.5 Å². The minimum atomic E-state index is -0.645. The molecular weight excluding hydrogens is 431 g/mol. The Kier molecular flexibility index (Phi) is 10.2. The van der Waals surface area contributed by atoms with Gasteiger partial charge in [-0.25, -0.2) is 0 Å². The Bertz CT molecular complexity index is 605. The molecule has 7 heteroatoms. The summed E-state index contributed by atoms with van der Waals surface area (Å²) in [5, 5.41) is 16.9. The monoisotopic (exact) mass is 458 g/mol. The molecule has 25 heavy (non-hydrogen) atoms. The number of aliphatic hydroxyl groups is 1. The van der Waals surface area contributed by atoms with Gasteiger partial charge in [0.25, 0.3) is 0 Å². The smallest absolute Gasteiger partial charge is 0.191 e. The van der Waals surface area contributed by atoms with Crippen molar-refractivity contribution in [3.05, 3.63) is 54.2 Å². The van der Waals surface area contributed by atoms with E-state index in [0.717, 1.165) is 24.2 Å². The van der Waals surface area contributed by atoms with Crippen molar-refractivity contribution in [2.75, 3.05) is 13.1 Å². The number of rotatable bonds is 8. The molecule has 6 nitrogen and oxygen atoms in total. The summed E-state index contributed by atoms with van der Waals surface area (Å²) in [5.74, 6) is 1.63. The molecule has 0 bridgehead atoms. The molecule has 3 N–H and O–H groups in total. The lowest BCUT2D eigenvalue weighted by Gasteiger charge is -2.17. The lowest BCUT2D eigenvalue weighted by molar-refractivity contribution is 0.187. The van der Waals surface area contributed by atoms with Crippen molar-refractivity contribution in [3.63, 3.8) is 0 Å². The second-order valence-corrected chi connectivity index (χ2v) is 5.70. The molecule has 138 valence electrons. The molecule has 0 amide bonds. The number of halogens is 1. The second kappa shape index (κ2) is 11.9. The van der Waals surface area contributed by atoms with Crippen LogP contribution in [0.25, 0.3) is 0 Å². The van der Waals surface area contributed by atoms with Crippen LogP contribution in [0, 0.1) is 0 Å². The summed E-state index contributed by atoms with van der Waals surface area (Å²) in [5.41, 5.74) is 0.812. The molecule has 0 aliphatic heterocycles. The van der Waals surface area contributed by atoms with E-state index in [4.69, 9.17) is 4.42 Å². The van der Waals surface area contributed by atoms with Crippen LogP contribution in [0.2, 0.25) is 0 Å². The van der Waals surface area contributed by atoms with Gasteiger partial charge in [0, 0.05) is 31.4 Å². The summed E-state index contributed by atoms with van der Waals surface area (Å²) >= 11 is 0. The molecule has 2 unspecified atom stereocenters. The maximum Gasteiger partial charge on any atom is 0.191 e. The first-order chi connectivity index (χ1) is 11.7. The van der Waals surface area contributed by atoms with E-state index in [1.165, 1.54) is 0 Å². The van der Waals surface area contributed by atoms with Gasteiger partial charge >= 0.3 is 0 Å². The van der Waals surface area contributed by atoms with Gasteiger partial charge in [-0.2, -0.15) is 0 Å². The maximum atomic E-state index is 10.2. The lowest BCUT2D eigenvalue weighted by atomic mass is 10.1. The molecule has 2 heterocycles.